The van der Waals surface area contributed by atoms with Gasteiger partial charge in [-0.15, -0.1) is 0 Å². The Morgan fingerprint density at radius 3 is 2.86 bits per heavy atom. The fourth-order valence-electron chi connectivity index (χ4n) is 1.04. The van der Waals surface area contributed by atoms with E-state index >= 15 is 0 Å². The Kier molecular flexibility index (Phi) is 3.39. The molecule has 0 aromatic carbocycles. The molecular weight excluding hydrogens is 184 g/mol. The lowest BCUT2D eigenvalue weighted by Crippen LogP contribution is -2.08. The summed E-state index contributed by atoms with van der Waals surface area (Å²) in [6.07, 6.45) is 2.13. The van der Waals surface area contributed by atoms with Crippen LogP contribution in [0.2, 0.25) is 0 Å². The number of carbonyl (C=O) groups excluding carboxylic acids is 2. The lowest BCUT2D eigenvalue weighted by atomic mass is 10.3. The molecule has 1 heterocycles. The van der Waals surface area contributed by atoms with Crippen molar-refractivity contribution in [2.24, 2.45) is 0 Å². The van der Waals surface area contributed by atoms with E-state index < -0.39 is 5.97 Å². The number of nitrogens with zero attached hydrogens (tertiary/aromatic N) is 2. The van der Waals surface area contributed by atoms with E-state index in [9.17, 15) is 9.59 Å². The van der Waals surface area contributed by atoms with Crippen LogP contribution in [0.5, 0.6) is 0 Å². The Hall–Kier alpha value is -1.65. The summed E-state index contributed by atoms with van der Waals surface area (Å²) in [5.41, 5.74) is 0.356. The van der Waals surface area contributed by atoms with E-state index in [0.717, 1.165) is 0 Å². The maximum Gasteiger partial charge on any atom is 0.359 e. The second kappa shape index (κ2) is 4.55. The summed E-state index contributed by atoms with van der Waals surface area (Å²) >= 11 is 0. The van der Waals surface area contributed by atoms with Gasteiger partial charge in [0.2, 0.25) is 0 Å². The number of carbonyl (C=O) groups is 2. The van der Waals surface area contributed by atoms with Crippen LogP contribution < -0.4 is 0 Å². The third-order valence-electron chi connectivity index (χ3n) is 1.71. The summed E-state index contributed by atoms with van der Waals surface area (Å²) in [5.74, 6) is -0.554. The van der Waals surface area contributed by atoms with E-state index in [1.165, 1.54) is 10.9 Å². The van der Waals surface area contributed by atoms with Crippen molar-refractivity contribution in [2.45, 2.75) is 20.4 Å². The summed E-state index contributed by atoms with van der Waals surface area (Å²) in [7, 11) is 0. The molecule has 0 aliphatic carbocycles. The van der Waals surface area contributed by atoms with Crippen LogP contribution in [0.1, 0.15) is 34.7 Å². The topological polar surface area (TPSA) is 61.2 Å². The molecule has 0 bridgehead atoms. The van der Waals surface area contributed by atoms with Gasteiger partial charge in [-0.3, -0.25) is 9.48 Å². The van der Waals surface area contributed by atoms with Gasteiger partial charge in [0.25, 0.3) is 0 Å². The zero-order valence-corrected chi connectivity index (χ0v) is 8.19. The van der Waals surface area contributed by atoms with Crippen LogP contribution in [0.25, 0.3) is 0 Å². The number of hydrogen-bond donors (Lipinski definition) is 0. The number of aromatic nitrogens is 2. The molecule has 1 rings (SSSR count). The van der Waals surface area contributed by atoms with Crippen molar-refractivity contribution in [2.75, 3.05) is 6.61 Å². The molecule has 0 aliphatic heterocycles. The van der Waals surface area contributed by atoms with Crippen LogP contribution in [0, 0.1) is 0 Å². The molecule has 0 radical (unpaired) electrons. The molecule has 0 N–H and O–H groups in total. The molecule has 0 amide bonds. The smallest absolute Gasteiger partial charge is 0.359 e. The van der Waals surface area contributed by atoms with Crippen LogP contribution in [0.3, 0.4) is 0 Å². The van der Waals surface area contributed by atoms with Crippen molar-refractivity contribution >= 4 is 12.3 Å². The summed E-state index contributed by atoms with van der Waals surface area (Å²) in [6, 6.07) is 0. The van der Waals surface area contributed by atoms with Gasteiger partial charge in [0, 0.05) is 12.7 Å². The molecule has 1 aromatic heterocycles. The molecule has 0 saturated carbocycles. The second-order valence-electron chi connectivity index (χ2n) is 2.63. The predicted molar refractivity (Wildman–Crippen MR) is 49.2 cm³/mol. The first-order chi connectivity index (χ1) is 6.72. The first-order valence-electron chi connectivity index (χ1n) is 4.42. The van der Waals surface area contributed by atoms with E-state index in [1.807, 2.05) is 6.92 Å². The van der Waals surface area contributed by atoms with E-state index in [-0.39, 0.29) is 17.9 Å². The molecule has 76 valence electrons. The van der Waals surface area contributed by atoms with Crippen LogP contribution in [-0.2, 0) is 11.3 Å². The Labute approximate surface area is 81.7 Å². The van der Waals surface area contributed by atoms with Crippen molar-refractivity contribution in [1.82, 2.24) is 9.78 Å². The van der Waals surface area contributed by atoms with Crippen molar-refractivity contribution in [3.8, 4) is 0 Å². The van der Waals surface area contributed by atoms with E-state index in [2.05, 4.69) is 5.10 Å². The second-order valence-corrected chi connectivity index (χ2v) is 2.63. The largest absolute Gasteiger partial charge is 0.461 e. The van der Waals surface area contributed by atoms with E-state index in [0.29, 0.717) is 12.8 Å². The summed E-state index contributed by atoms with van der Waals surface area (Å²) in [6.45, 7) is 4.46. The predicted octanol–water partition coefficient (Wildman–Crippen LogP) is 0.892. The van der Waals surface area contributed by atoms with Crippen LogP contribution in [0.15, 0.2) is 6.20 Å². The average molecular weight is 196 g/mol. The van der Waals surface area contributed by atoms with Gasteiger partial charge in [-0.1, -0.05) is 0 Å². The molecule has 0 aliphatic rings. The highest BCUT2D eigenvalue weighted by Gasteiger charge is 2.16. The average Bonchev–Trinajstić information content (AvgIpc) is 2.61. The SMILES string of the molecule is CCOC(=O)c1nn(CC)cc1C=O. The van der Waals surface area contributed by atoms with Gasteiger partial charge in [0.15, 0.2) is 12.0 Å². The van der Waals surface area contributed by atoms with Gasteiger partial charge < -0.3 is 4.74 Å². The van der Waals surface area contributed by atoms with Gasteiger partial charge in [-0.2, -0.15) is 5.10 Å². The Bertz CT molecular complexity index is 344. The molecule has 0 fully saturated rings. The van der Waals surface area contributed by atoms with Gasteiger partial charge in [0.1, 0.15) is 0 Å². The maximum absolute atomic E-state index is 11.3. The molecule has 0 unspecified atom stereocenters. The van der Waals surface area contributed by atoms with Crippen molar-refractivity contribution in [3.63, 3.8) is 0 Å². The monoisotopic (exact) mass is 196 g/mol. The Morgan fingerprint density at radius 2 is 2.36 bits per heavy atom. The standard InChI is InChI=1S/C9H12N2O3/c1-3-11-5-7(6-12)8(10-11)9(13)14-4-2/h5-6H,3-4H2,1-2H3. The zero-order chi connectivity index (χ0) is 10.6. The fraction of sp³-hybridized carbons (Fsp3) is 0.444. The van der Waals surface area contributed by atoms with Crippen LogP contribution >= 0.6 is 0 Å². The highest BCUT2D eigenvalue weighted by Crippen LogP contribution is 2.06. The molecule has 0 saturated heterocycles. The zero-order valence-electron chi connectivity index (χ0n) is 8.19. The minimum absolute atomic E-state index is 0.0868. The lowest BCUT2D eigenvalue weighted by molar-refractivity contribution is 0.0516. The minimum Gasteiger partial charge on any atom is -0.461 e. The molecule has 0 spiro atoms. The highest BCUT2D eigenvalue weighted by molar-refractivity contribution is 5.96. The van der Waals surface area contributed by atoms with Crippen LogP contribution in [0.4, 0.5) is 0 Å². The number of esters is 1. The van der Waals surface area contributed by atoms with Crippen molar-refractivity contribution in [1.29, 1.82) is 0 Å². The number of aryl methyl sites for hydroxylation is 1. The van der Waals surface area contributed by atoms with Gasteiger partial charge in [0.05, 0.1) is 12.2 Å². The molecule has 1 aromatic rings. The quantitative estimate of drug-likeness (QED) is 0.530. The molecule has 14 heavy (non-hydrogen) atoms. The first-order valence-corrected chi connectivity index (χ1v) is 4.42. The normalized spacial score (nSPS) is 9.86. The van der Waals surface area contributed by atoms with Gasteiger partial charge in [-0.05, 0) is 13.8 Å². The number of rotatable bonds is 4. The van der Waals surface area contributed by atoms with E-state index in [4.69, 9.17) is 4.74 Å². The Morgan fingerprint density at radius 1 is 1.64 bits per heavy atom. The van der Waals surface area contributed by atoms with Crippen molar-refractivity contribution < 1.29 is 14.3 Å². The van der Waals surface area contributed by atoms with Crippen molar-refractivity contribution in [3.05, 3.63) is 17.5 Å². The minimum atomic E-state index is -0.554. The van der Waals surface area contributed by atoms with Crippen LogP contribution in [-0.4, -0.2) is 28.6 Å². The highest BCUT2D eigenvalue weighted by atomic mass is 16.5. The number of aldehydes is 1. The third-order valence-corrected chi connectivity index (χ3v) is 1.71. The lowest BCUT2D eigenvalue weighted by Gasteiger charge is -1.97. The molecule has 5 nitrogen and oxygen atoms in total. The molecule has 5 heteroatoms. The molecule has 0 atom stereocenters. The van der Waals surface area contributed by atoms with Gasteiger partial charge in [-0.25, -0.2) is 4.79 Å². The number of hydrogen-bond acceptors (Lipinski definition) is 4. The number of ether oxygens (including phenoxy) is 1. The summed E-state index contributed by atoms with van der Waals surface area (Å²) in [5, 5.41) is 3.93. The Balaban J connectivity index is 2.99. The third kappa shape index (κ3) is 1.99. The summed E-state index contributed by atoms with van der Waals surface area (Å²) < 4.78 is 6.28. The van der Waals surface area contributed by atoms with E-state index in [1.54, 1.807) is 6.92 Å². The molecular formula is C9H12N2O3. The first kappa shape index (κ1) is 10.4. The fourth-order valence-corrected chi connectivity index (χ4v) is 1.04. The van der Waals surface area contributed by atoms with Gasteiger partial charge >= 0.3 is 5.97 Å². The maximum atomic E-state index is 11.3. The summed E-state index contributed by atoms with van der Waals surface area (Å²) in [4.78, 5) is 21.9.